The summed E-state index contributed by atoms with van der Waals surface area (Å²) in [6, 6.07) is 6.36. The molecule has 2 bridgehead atoms. The number of amides is 1. The summed E-state index contributed by atoms with van der Waals surface area (Å²) in [4.78, 5) is 20.2. The molecule has 3 fully saturated rings. The molecule has 3 aliphatic carbocycles. The number of hydrogen-bond acceptors (Lipinski definition) is 5. The molecule has 3 aromatic rings. The van der Waals surface area contributed by atoms with E-state index in [0.717, 1.165) is 22.9 Å². The van der Waals surface area contributed by atoms with E-state index in [1.165, 1.54) is 16.7 Å². The molecule has 0 radical (unpaired) electrons. The molecule has 2 aromatic heterocycles. The molecule has 7 rings (SSSR count). The molecule has 172 valence electrons. The van der Waals surface area contributed by atoms with Gasteiger partial charge in [-0.3, -0.25) is 9.20 Å². The Morgan fingerprint density at radius 1 is 1.18 bits per heavy atom. The molecular formula is C25H29FN6O. The predicted molar refractivity (Wildman–Crippen MR) is 122 cm³/mol. The Balaban J connectivity index is 1.36. The van der Waals surface area contributed by atoms with E-state index < -0.39 is 11.6 Å². The Kier molecular flexibility index (Phi) is 4.35. The van der Waals surface area contributed by atoms with Gasteiger partial charge in [0.25, 0.3) is 5.78 Å². The minimum absolute atomic E-state index is 0.0332. The summed E-state index contributed by atoms with van der Waals surface area (Å²) in [7, 11) is 0. The molecule has 2 atom stereocenters. The topological polar surface area (TPSA) is 75.4 Å². The van der Waals surface area contributed by atoms with Crippen LogP contribution in [0.15, 0.2) is 18.2 Å². The van der Waals surface area contributed by atoms with E-state index in [-0.39, 0.29) is 17.9 Å². The van der Waals surface area contributed by atoms with E-state index in [9.17, 15) is 9.18 Å². The highest BCUT2D eigenvalue weighted by atomic mass is 19.1. The van der Waals surface area contributed by atoms with Gasteiger partial charge in [0.05, 0.1) is 30.2 Å². The smallest absolute Gasteiger partial charge is 0.257 e. The second-order valence-corrected chi connectivity index (χ2v) is 10.3. The van der Waals surface area contributed by atoms with Crippen LogP contribution in [0, 0.1) is 32.1 Å². The minimum Gasteiger partial charge on any atom is -0.363 e. The van der Waals surface area contributed by atoms with Gasteiger partial charge in [-0.15, -0.1) is 10.2 Å². The van der Waals surface area contributed by atoms with Gasteiger partial charge >= 0.3 is 0 Å². The van der Waals surface area contributed by atoms with Crippen LogP contribution in [0.5, 0.6) is 0 Å². The van der Waals surface area contributed by atoms with Crippen LogP contribution in [0.1, 0.15) is 66.0 Å². The quantitative estimate of drug-likeness (QED) is 0.647. The average molecular weight is 449 g/mol. The van der Waals surface area contributed by atoms with E-state index in [0.29, 0.717) is 38.1 Å². The highest BCUT2D eigenvalue weighted by Gasteiger charge is 2.62. The zero-order valence-electron chi connectivity index (χ0n) is 19.5. The van der Waals surface area contributed by atoms with Crippen LogP contribution < -0.4 is 5.32 Å². The number of nitrogens with zero attached hydrogens (tertiary/aromatic N) is 5. The average Bonchev–Trinajstić information content (AvgIpc) is 3.50. The van der Waals surface area contributed by atoms with Gasteiger partial charge in [-0.05, 0) is 69.6 Å². The molecule has 1 N–H and O–H groups in total. The van der Waals surface area contributed by atoms with E-state index >= 15 is 0 Å². The van der Waals surface area contributed by atoms with E-state index in [4.69, 9.17) is 4.98 Å². The molecular weight excluding hydrogens is 419 g/mol. The molecule has 0 saturated heterocycles. The number of aryl methyl sites for hydroxylation is 2. The molecule has 8 heteroatoms. The zero-order valence-corrected chi connectivity index (χ0v) is 19.5. The first-order chi connectivity index (χ1) is 15.8. The number of fused-ring (bicyclic) bond motifs is 4. The number of alkyl halides is 1. The monoisotopic (exact) mass is 448 g/mol. The van der Waals surface area contributed by atoms with Crippen LogP contribution >= 0.6 is 0 Å². The maximum Gasteiger partial charge on any atom is 0.257 e. The first-order valence-electron chi connectivity index (χ1n) is 11.8. The second kappa shape index (κ2) is 6.98. The van der Waals surface area contributed by atoms with Crippen LogP contribution in [0.3, 0.4) is 0 Å². The van der Waals surface area contributed by atoms with Crippen LogP contribution in [-0.4, -0.2) is 36.6 Å². The first-order valence-corrected chi connectivity index (χ1v) is 11.8. The molecule has 1 aromatic carbocycles. The summed E-state index contributed by atoms with van der Waals surface area (Å²) >= 11 is 0. The summed E-state index contributed by atoms with van der Waals surface area (Å²) in [5.74, 6) is 2.18. The Bertz CT molecular complexity index is 1290. The van der Waals surface area contributed by atoms with Gasteiger partial charge in [0.1, 0.15) is 17.8 Å². The van der Waals surface area contributed by atoms with E-state index in [1.807, 2.05) is 16.2 Å². The number of aromatic nitrogens is 4. The van der Waals surface area contributed by atoms with Gasteiger partial charge in [0.15, 0.2) is 0 Å². The summed E-state index contributed by atoms with van der Waals surface area (Å²) < 4.78 is 16.1. The number of nitrogens with one attached hydrogen (secondary N) is 1. The number of anilines is 1. The molecule has 3 saturated carbocycles. The number of hydrogen-bond donors (Lipinski definition) is 1. The third kappa shape index (κ3) is 2.92. The van der Waals surface area contributed by atoms with Gasteiger partial charge in [0.2, 0.25) is 5.91 Å². The van der Waals surface area contributed by atoms with Crippen molar-refractivity contribution < 1.29 is 9.18 Å². The third-order valence-corrected chi connectivity index (χ3v) is 8.22. The van der Waals surface area contributed by atoms with Crippen LogP contribution in [0.4, 0.5) is 10.2 Å². The number of benzene rings is 1. The first kappa shape index (κ1) is 20.6. The van der Waals surface area contributed by atoms with Crippen molar-refractivity contribution in [3.63, 3.8) is 0 Å². The van der Waals surface area contributed by atoms with E-state index in [2.05, 4.69) is 54.5 Å². The molecule has 1 amide bonds. The molecule has 4 aliphatic rings. The fourth-order valence-corrected chi connectivity index (χ4v) is 6.23. The lowest BCUT2D eigenvalue weighted by Crippen LogP contribution is -2.44. The normalized spacial score (nSPS) is 26.4. The van der Waals surface area contributed by atoms with Gasteiger partial charge in [-0.25, -0.2) is 4.39 Å². The van der Waals surface area contributed by atoms with Crippen LogP contribution in [0.2, 0.25) is 0 Å². The Hall–Kier alpha value is -3.03. The van der Waals surface area contributed by atoms with Crippen molar-refractivity contribution in [2.45, 2.75) is 72.3 Å². The second-order valence-electron chi connectivity index (χ2n) is 10.3. The number of carbonyl (C=O) groups excluding carboxylic acids is 1. The fraction of sp³-hybridized carbons (Fsp3) is 0.520. The highest BCUT2D eigenvalue weighted by Crippen LogP contribution is 2.61. The summed E-state index contributed by atoms with van der Waals surface area (Å²) in [5, 5.41) is 12.1. The standard InChI is InChI=1S/C25H29FN6O/c1-13-6-5-7-18(14(13)2)15(3)27-22-19-11-31(23(33)25-8-17(9-25)20(26)10-25)12-21(19)32-16(4)29-30-24(32)28-22/h5-7,15,17,20H,8-12H2,1-4H3,(H,27,28,30)/t15?,17?,20-,25?/m0/s1. The van der Waals surface area contributed by atoms with Crippen molar-refractivity contribution >= 4 is 17.5 Å². The summed E-state index contributed by atoms with van der Waals surface area (Å²) in [6.07, 6.45) is 0.919. The Labute approximate surface area is 192 Å². The molecule has 0 spiro atoms. The van der Waals surface area contributed by atoms with Crippen molar-refractivity contribution in [3.8, 4) is 0 Å². The minimum atomic E-state index is -0.831. The zero-order chi connectivity index (χ0) is 23.1. The highest BCUT2D eigenvalue weighted by molar-refractivity contribution is 5.85. The summed E-state index contributed by atoms with van der Waals surface area (Å²) in [5.41, 5.74) is 5.21. The Morgan fingerprint density at radius 3 is 2.70 bits per heavy atom. The van der Waals surface area contributed by atoms with Crippen molar-refractivity contribution in [2.24, 2.45) is 11.3 Å². The molecule has 1 aliphatic heterocycles. The third-order valence-electron chi connectivity index (χ3n) is 8.22. The largest absolute Gasteiger partial charge is 0.363 e. The predicted octanol–water partition coefficient (Wildman–Crippen LogP) is 4.20. The van der Waals surface area contributed by atoms with Gasteiger partial charge in [-0.2, -0.15) is 4.98 Å². The van der Waals surface area contributed by atoms with Crippen molar-refractivity contribution in [1.82, 2.24) is 24.5 Å². The molecule has 3 heterocycles. The maximum absolute atomic E-state index is 14.2. The SMILES string of the molecule is Cc1cccc(C(C)Nc2nc3nnc(C)n3c3c2CN(C(=O)C24CC(C2)[C@@H](F)C4)C3)c1C. The lowest BCUT2D eigenvalue weighted by Gasteiger charge is -2.39. The number of carbonyl (C=O) groups is 1. The van der Waals surface area contributed by atoms with Crippen molar-refractivity contribution in [3.05, 3.63) is 52.0 Å². The van der Waals surface area contributed by atoms with E-state index in [1.54, 1.807) is 0 Å². The lowest BCUT2D eigenvalue weighted by molar-refractivity contribution is -0.147. The Morgan fingerprint density at radius 2 is 1.97 bits per heavy atom. The number of rotatable bonds is 4. The lowest BCUT2D eigenvalue weighted by atomic mass is 9.69. The molecule has 7 nitrogen and oxygen atoms in total. The molecule has 1 unspecified atom stereocenters. The van der Waals surface area contributed by atoms with Crippen molar-refractivity contribution in [2.75, 3.05) is 5.32 Å². The maximum atomic E-state index is 14.2. The van der Waals surface area contributed by atoms with Gasteiger partial charge in [0, 0.05) is 5.56 Å². The van der Waals surface area contributed by atoms with Crippen LogP contribution in [-0.2, 0) is 17.9 Å². The fourth-order valence-electron chi connectivity index (χ4n) is 6.23. The van der Waals surface area contributed by atoms with Crippen LogP contribution in [0.25, 0.3) is 5.78 Å². The summed E-state index contributed by atoms with van der Waals surface area (Å²) in [6.45, 7) is 9.23. The van der Waals surface area contributed by atoms with Gasteiger partial charge in [-0.1, -0.05) is 18.2 Å². The number of halogens is 1. The van der Waals surface area contributed by atoms with Crippen molar-refractivity contribution in [1.29, 1.82) is 0 Å². The molecule has 33 heavy (non-hydrogen) atoms. The van der Waals surface area contributed by atoms with Gasteiger partial charge < -0.3 is 10.2 Å².